The van der Waals surface area contributed by atoms with Gasteiger partial charge in [-0.2, -0.15) is 4.98 Å². The summed E-state index contributed by atoms with van der Waals surface area (Å²) in [6.45, 7) is 8.91. The van der Waals surface area contributed by atoms with Crippen molar-refractivity contribution < 1.29 is 4.74 Å². The summed E-state index contributed by atoms with van der Waals surface area (Å²) in [4.78, 5) is 6.59. The first-order valence-corrected chi connectivity index (χ1v) is 6.38. The highest BCUT2D eigenvalue weighted by atomic mass is 16.5. The summed E-state index contributed by atoms with van der Waals surface area (Å²) in [5.41, 5.74) is 6.38. The molecule has 0 saturated heterocycles. The van der Waals surface area contributed by atoms with E-state index in [9.17, 15) is 0 Å². The SMILES string of the molecule is CCN(C)CCNc1ccc(N)c(OC(C)C)n1. The van der Waals surface area contributed by atoms with Gasteiger partial charge in [0.2, 0.25) is 5.88 Å². The molecule has 0 amide bonds. The summed E-state index contributed by atoms with van der Waals surface area (Å²) in [6.07, 6.45) is 0.0706. The molecular weight excluding hydrogens is 228 g/mol. The fourth-order valence-electron chi connectivity index (χ4n) is 1.40. The van der Waals surface area contributed by atoms with Crippen molar-refractivity contribution in [2.45, 2.75) is 26.9 Å². The molecular formula is C13H24N4O. The van der Waals surface area contributed by atoms with Crippen molar-refractivity contribution in [3.8, 4) is 5.88 Å². The smallest absolute Gasteiger partial charge is 0.239 e. The van der Waals surface area contributed by atoms with Gasteiger partial charge >= 0.3 is 0 Å². The van der Waals surface area contributed by atoms with Crippen molar-refractivity contribution in [1.29, 1.82) is 0 Å². The topological polar surface area (TPSA) is 63.4 Å². The third-order valence-corrected chi connectivity index (χ3v) is 2.58. The van der Waals surface area contributed by atoms with E-state index in [-0.39, 0.29) is 6.10 Å². The molecule has 0 fully saturated rings. The van der Waals surface area contributed by atoms with Gasteiger partial charge in [-0.05, 0) is 39.6 Å². The van der Waals surface area contributed by atoms with Crippen LogP contribution in [0.2, 0.25) is 0 Å². The molecule has 0 aliphatic carbocycles. The van der Waals surface area contributed by atoms with Crippen LogP contribution in [0.5, 0.6) is 5.88 Å². The number of nitrogens with zero attached hydrogens (tertiary/aromatic N) is 2. The lowest BCUT2D eigenvalue weighted by Gasteiger charge is -2.15. The minimum absolute atomic E-state index is 0.0706. The Labute approximate surface area is 109 Å². The number of nitrogen functional groups attached to an aromatic ring is 1. The quantitative estimate of drug-likeness (QED) is 0.775. The van der Waals surface area contributed by atoms with Gasteiger partial charge in [-0.15, -0.1) is 0 Å². The monoisotopic (exact) mass is 252 g/mol. The average molecular weight is 252 g/mol. The van der Waals surface area contributed by atoms with Crippen LogP contribution in [0.1, 0.15) is 20.8 Å². The van der Waals surface area contributed by atoms with Gasteiger partial charge in [-0.3, -0.25) is 0 Å². The zero-order valence-electron chi connectivity index (χ0n) is 11.7. The van der Waals surface area contributed by atoms with E-state index < -0.39 is 0 Å². The second-order valence-corrected chi connectivity index (χ2v) is 4.58. The molecule has 0 atom stereocenters. The Morgan fingerprint density at radius 3 is 2.78 bits per heavy atom. The van der Waals surface area contributed by atoms with Crippen molar-refractivity contribution in [2.75, 3.05) is 37.7 Å². The summed E-state index contributed by atoms with van der Waals surface area (Å²) >= 11 is 0. The van der Waals surface area contributed by atoms with Crippen molar-refractivity contribution >= 4 is 11.5 Å². The average Bonchev–Trinajstić information content (AvgIpc) is 2.32. The second kappa shape index (κ2) is 7.06. The second-order valence-electron chi connectivity index (χ2n) is 4.58. The lowest BCUT2D eigenvalue weighted by Crippen LogP contribution is -2.25. The van der Waals surface area contributed by atoms with Crippen LogP contribution in [0.15, 0.2) is 12.1 Å². The maximum absolute atomic E-state index is 5.81. The summed E-state index contributed by atoms with van der Waals surface area (Å²) in [5.74, 6) is 1.29. The maximum atomic E-state index is 5.81. The number of nitrogens with one attached hydrogen (secondary N) is 1. The first-order valence-electron chi connectivity index (χ1n) is 6.38. The Morgan fingerprint density at radius 1 is 1.44 bits per heavy atom. The van der Waals surface area contributed by atoms with Crippen molar-refractivity contribution in [3.05, 3.63) is 12.1 Å². The van der Waals surface area contributed by atoms with E-state index >= 15 is 0 Å². The van der Waals surface area contributed by atoms with Gasteiger partial charge in [0, 0.05) is 13.1 Å². The van der Waals surface area contributed by atoms with Gasteiger partial charge in [-0.25, -0.2) is 0 Å². The highest BCUT2D eigenvalue weighted by molar-refractivity contribution is 5.53. The van der Waals surface area contributed by atoms with Gasteiger partial charge in [0.15, 0.2) is 0 Å². The van der Waals surface area contributed by atoms with Crippen molar-refractivity contribution in [2.24, 2.45) is 0 Å². The number of anilines is 2. The third kappa shape index (κ3) is 4.79. The zero-order chi connectivity index (χ0) is 13.5. The van der Waals surface area contributed by atoms with Crippen LogP contribution in [0.4, 0.5) is 11.5 Å². The van der Waals surface area contributed by atoms with Crippen LogP contribution in [0.25, 0.3) is 0 Å². The molecule has 0 aliphatic heterocycles. The lowest BCUT2D eigenvalue weighted by atomic mass is 10.4. The Morgan fingerprint density at radius 2 is 2.17 bits per heavy atom. The van der Waals surface area contributed by atoms with Crippen molar-refractivity contribution in [1.82, 2.24) is 9.88 Å². The molecule has 0 aliphatic rings. The Kier molecular flexibility index (Phi) is 5.71. The van der Waals surface area contributed by atoms with E-state index in [1.165, 1.54) is 0 Å². The van der Waals surface area contributed by atoms with Crippen LogP contribution >= 0.6 is 0 Å². The van der Waals surface area contributed by atoms with Crippen LogP contribution in [0, 0.1) is 0 Å². The molecule has 0 bridgehead atoms. The molecule has 0 aromatic carbocycles. The molecule has 0 spiro atoms. The molecule has 0 radical (unpaired) electrons. The Bertz CT molecular complexity index is 368. The van der Waals surface area contributed by atoms with Gasteiger partial charge in [0.1, 0.15) is 5.82 Å². The minimum Gasteiger partial charge on any atom is -0.473 e. The number of nitrogens with two attached hydrogens (primary N) is 1. The summed E-state index contributed by atoms with van der Waals surface area (Å²) in [6, 6.07) is 3.69. The normalized spacial score (nSPS) is 11.0. The predicted octanol–water partition coefficient (Wildman–Crippen LogP) is 1.81. The molecule has 0 unspecified atom stereocenters. The van der Waals surface area contributed by atoms with Crippen LogP contribution in [-0.4, -0.2) is 42.7 Å². The summed E-state index contributed by atoms with van der Waals surface area (Å²) in [7, 11) is 2.09. The van der Waals surface area contributed by atoms with E-state index in [1.807, 2.05) is 26.0 Å². The Hall–Kier alpha value is -1.49. The fourth-order valence-corrected chi connectivity index (χ4v) is 1.40. The fraction of sp³-hybridized carbons (Fsp3) is 0.615. The van der Waals surface area contributed by atoms with E-state index in [1.54, 1.807) is 0 Å². The number of likely N-dealkylation sites (N-methyl/N-ethyl adjacent to an activating group) is 1. The molecule has 5 heteroatoms. The van der Waals surface area contributed by atoms with Crippen LogP contribution in [0.3, 0.4) is 0 Å². The number of pyridine rings is 1. The van der Waals surface area contributed by atoms with Crippen LogP contribution < -0.4 is 15.8 Å². The lowest BCUT2D eigenvalue weighted by molar-refractivity contribution is 0.234. The molecule has 1 aromatic heterocycles. The third-order valence-electron chi connectivity index (χ3n) is 2.58. The molecule has 5 nitrogen and oxygen atoms in total. The molecule has 1 heterocycles. The molecule has 1 aromatic rings. The molecule has 102 valence electrons. The highest BCUT2D eigenvalue weighted by Gasteiger charge is 2.06. The maximum Gasteiger partial charge on any atom is 0.239 e. The number of rotatable bonds is 7. The minimum atomic E-state index is 0.0706. The highest BCUT2D eigenvalue weighted by Crippen LogP contribution is 2.21. The molecule has 3 N–H and O–H groups in total. The molecule has 0 saturated carbocycles. The number of hydrogen-bond donors (Lipinski definition) is 2. The zero-order valence-corrected chi connectivity index (χ0v) is 11.7. The standard InChI is InChI=1S/C13H24N4O/c1-5-17(4)9-8-15-12-7-6-11(14)13(16-12)18-10(2)3/h6-7,10H,5,8-9,14H2,1-4H3,(H,15,16). The van der Waals surface area contributed by atoms with Crippen molar-refractivity contribution in [3.63, 3.8) is 0 Å². The molecule has 1 rings (SSSR count). The van der Waals surface area contributed by atoms with E-state index in [0.717, 1.165) is 25.5 Å². The summed E-state index contributed by atoms with van der Waals surface area (Å²) < 4.78 is 5.55. The number of hydrogen-bond acceptors (Lipinski definition) is 5. The predicted molar refractivity (Wildman–Crippen MR) is 76.1 cm³/mol. The van der Waals surface area contributed by atoms with Gasteiger partial charge in [0.05, 0.1) is 11.8 Å². The first-order chi connectivity index (χ1) is 8.52. The Balaban J connectivity index is 2.56. The van der Waals surface area contributed by atoms with Crippen LogP contribution in [-0.2, 0) is 0 Å². The van der Waals surface area contributed by atoms with Gasteiger partial charge < -0.3 is 20.7 Å². The first kappa shape index (κ1) is 14.6. The van der Waals surface area contributed by atoms with Gasteiger partial charge in [0.25, 0.3) is 0 Å². The largest absolute Gasteiger partial charge is 0.473 e. The number of ether oxygens (including phenoxy) is 1. The van der Waals surface area contributed by atoms with E-state index in [2.05, 4.69) is 29.2 Å². The molecule has 18 heavy (non-hydrogen) atoms. The van der Waals surface area contributed by atoms with E-state index in [4.69, 9.17) is 10.5 Å². The number of aromatic nitrogens is 1. The van der Waals surface area contributed by atoms with Gasteiger partial charge in [-0.1, -0.05) is 6.92 Å². The van der Waals surface area contributed by atoms with E-state index in [0.29, 0.717) is 11.6 Å². The summed E-state index contributed by atoms with van der Waals surface area (Å²) in [5, 5.41) is 3.26.